The summed E-state index contributed by atoms with van der Waals surface area (Å²) in [6, 6.07) is 6.92. The van der Waals surface area contributed by atoms with Gasteiger partial charge in [-0.05, 0) is 31.2 Å². The summed E-state index contributed by atoms with van der Waals surface area (Å²) < 4.78 is 27.5. The number of rotatable bonds is 5. The average molecular weight is 407 g/mol. The smallest absolute Gasteiger partial charge is 0.244 e. The second kappa shape index (κ2) is 7.75. The number of sulfonamides is 1. The molecule has 0 N–H and O–H groups in total. The summed E-state index contributed by atoms with van der Waals surface area (Å²) in [4.78, 5) is 2.34. The number of hydrogen-bond acceptors (Lipinski definition) is 4. The van der Waals surface area contributed by atoms with E-state index in [1.165, 1.54) is 10.4 Å². The molecule has 0 unspecified atom stereocenters. The van der Waals surface area contributed by atoms with Gasteiger partial charge in [-0.3, -0.25) is 0 Å². The molecule has 0 aromatic heterocycles. The normalized spacial score (nSPS) is 17.3. The van der Waals surface area contributed by atoms with Crippen molar-refractivity contribution in [3.8, 4) is 6.07 Å². The Kier molecular flexibility index (Phi) is 6.24. The average Bonchev–Trinajstić information content (AvgIpc) is 2.47. The number of nitriles is 1. The minimum atomic E-state index is -3.56. The highest BCUT2D eigenvalue weighted by Gasteiger charge is 2.29. The third-order valence-corrected chi connectivity index (χ3v) is 6.48. The van der Waals surface area contributed by atoms with Crippen LogP contribution >= 0.6 is 27.5 Å². The maximum absolute atomic E-state index is 12.7. The van der Waals surface area contributed by atoms with Gasteiger partial charge in [0.1, 0.15) is 4.90 Å². The molecule has 0 saturated carbocycles. The molecule has 0 aliphatic carbocycles. The standard InChI is InChI=1S/C14H17BrClN3O2S/c15-12-3-4-14(13(16)11-12)22(20,21)19-9-7-18(8-10-19)6-2-1-5-17/h3-4,11H,1-2,6-10H2. The first-order chi connectivity index (χ1) is 10.4. The summed E-state index contributed by atoms with van der Waals surface area (Å²) in [6.45, 7) is 3.08. The zero-order valence-electron chi connectivity index (χ0n) is 12.0. The van der Waals surface area contributed by atoms with Crippen molar-refractivity contribution >= 4 is 37.6 Å². The van der Waals surface area contributed by atoms with E-state index in [1.807, 2.05) is 0 Å². The van der Waals surface area contributed by atoms with E-state index in [9.17, 15) is 8.42 Å². The van der Waals surface area contributed by atoms with Crippen LogP contribution in [0.1, 0.15) is 12.8 Å². The highest BCUT2D eigenvalue weighted by atomic mass is 79.9. The Labute approximate surface area is 144 Å². The molecule has 0 amide bonds. The minimum absolute atomic E-state index is 0.148. The van der Waals surface area contributed by atoms with Gasteiger partial charge in [0.25, 0.3) is 0 Å². The van der Waals surface area contributed by atoms with Gasteiger partial charge in [0.05, 0.1) is 11.1 Å². The van der Waals surface area contributed by atoms with Crippen LogP contribution in [0, 0.1) is 11.3 Å². The molecule has 1 aliphatic rings. The monoisotopic (exact) mass is 405 g/mol. The second-order valence-electron chi connectivity index (χ2n) is 5.08. The van der Waals surface area contributed by atoms with Gasteiger partial charge in [0.15, 0.2) is 0 Å². The van der Waals surface area contributed by atoms with Crippen molar-refractivity contribution in [2.45, 2.75) is 17.7 Å². The van der Waals surface area contributed by atoms with E-state index in [1.54, 1.807) is 12.1 Å². The molecular formula is C14H17BrClN3O2S. The van der Waals surface area contributed by atoms with Gasteiger partial charge >= 0.3 is 0 Å². The summed E-state index contributed by atoms with van der Waals surface area (Å²) in [5.41, 5.74) is 0. The maximum atomic E-state index is 12.7. The molecule has 2 rings (SSSR count). The third kappa shape index (κ3) is 4.21. The molecule has 1 fully saturated rings. The molecular weight excluding hydrogens is 390 g/mol. The van der Waals surface area contributed by atoms with E-state index < -0.39 is 10.0 Å². The zero-order chi connectivity index (χ0) is 16.2. The quantitative estimate of drug-likeness (QED) is 0.705. The molecule has 0 spiro atoms. The molecule has 0 atom stereocenters. The molecule has 0 bridgehead atoms. The number of hydrogen-bond donors (Lipinski definition) is 0. The lowest BCUT2D eigenvalue weighted by molar-refractivity contribution is 0.187. The first-order valence-corrected chi connectivity index (χ1v) is 9.61. The SMILES string of the molecule is N#CCCCN1CCN(S(=O)(=O)c2ccc(Br)cc2Cl)CC1. The van der Waals surface area contributed by atoms with Crippen LogP contribution in [0.25, 0.3) is 0 Å². The summed E-state index contributed by atoms with van der Waals surface area (Å²) >= 11 is 9.34. The van der Waals surface area contributed by atoms with E-state index in [0.29, 0.717) is 32.6 Å². The van der Waals surface area contributed by atoms with Gasteiger partial charge in [-0.15, -0.1) is 0 Å². The van der Waals surface area contributed by atoms with Gasteiger partial charge in [0, 0.05) is 37.1 Å². The van der Waals surface area contributed by atoms with Crippen LogP contribution in [-0.2, 0) is 10.0 Å². The number of nitrogens with zero attached hydrogens (tertiary/aromatic N) is 3. The fourth-order valence-electron chi connectivity index (χ4n) is 2.40. The van der Waals surface area contributed by atoms with E-state index in [0.717, 1.165) is 17.4 Å². The van der Waals surface area contributed by atoms with Crippen molar-refractivity contribution in [2.75, 3.05) is 32.7 Å². The van der Waals surface area contributed by atoms with Crippen molar-refractivity contribution in [3.63, 3.8) is 0 Å². The highest BCUT2D eigenvalue weighted by molar-refractivity contribution is 9.10. The highest BCUT2D eigenvalue weighted by Crippen LogP contribution is 2.28. The van der Waals surface area contributed by atoms with E-state index in [2.05, 4.69) is 26.9 Å². The van der Waals surface area contributed by atoms with Crippen LogP contribution in [0.2, 0.25) is 5.02 Å². The van der Waals surface area contributed by atoms with Crippen LogP contribution in [0.4, 0.5) is 0 Å². The van der Waals surface area contributed by atoms with Crippen LogP contribution in [0.15, 0.2) is 27.6 Å². The van der Waals surface area contributed by atoms with Gasteiger partial charge in [-0.25, -0.2) is 8.42 Å². The third-order valence-electron chi connectivity index (χ3n) is 3.61. The van der Waals surface area contributed by atoms with Crippen LogP contribution in [-0.4, -0.2) is 50.3 Å². The molecule has 1 saturated heterocycles. The fraction of sp³-hybridized carbons (Fsp3) is 0.500. The largest absolute Gasteiger partial charge is 0.301 e. The minimum Gasteiger partial charge on any atom is -0.301 e. The number of benzene rings is 1. The lowest BCUT2D eigenvalue weighted by atomic mass is 10.3. The predicted molar refractivity (Wildman–Crippen MR) is 89.2 cm³/mol. The van der Waals surface area contributed by atoms with Gasteiger partial charge < -0.3 is 4.90 Å². The summed E-state index contributed by atoms with van der Waals surface area (Å²) in [5, 5.41) is 8.77. The van der Waals surface area contributed by atoms with Crippen molar-refractivity contribution in [1.29, 1.82) is 5.26 Å². The van der Waals surface area contributed by atoms with Crippen molar-refractivity contribution in [2.24, 2.45) is 0 Å². The molecule has 0 radical (unpaired) electrons. The fourth-order valence-corrected chi connectivity index (χ4v) is 4.83. The van der Waals surface area contributed by atoms with Gasteiger partial charge in [0.2, 0.25) is 10.0 Å². The summed E-state index contributed by atoms with van der Waals surface area (Å²) in [6.07, 6.45) is 1.36. The number of piperazine rings is 1. The van der Waals surface area contributed by atoms with E-state index >= 15 is 0 Å². The zero-order valence-corrected chi connectivity index (χ0v) is 15.2. The topological polar surface area (TPSA) is 64.4 Å². The summed E-state index contributed by atoms with van der Waals surface area (Å²) in [5.74, 6) is 0. The Hall–Kier alpha value is -0.650. The molecule has 1 aromatic carbocycles. The Morgan fingerprint density at radius 2 is 1.95 bits per heavy atom. The maximum Gasteiger partial charge on any atom is 0.244 e. The lowest BCUT2D eigenvalue weighted by Crippen LogP contribution is -2.48. The van der Waals surface area contributed by atoms with Crippen LogP contribution in [0.3, 0.4) is 0 Å². The molecule has 1 aliphatic heterocycles. The van der Waals surface area contributed by atoms with Gasteiger partial charge in [-0.2, -0.15) is 9.57 Å². The first-order valence-electron chi connectivity index (χ1n) is 6.99. The number of unbranched alkanes of at least 4 members (excludes halogenated alkanes) is 1. The number of halogens is 2. The molecule has 1 aromatic rings. The van der Waals surface area contributed by atoms with Gasteiger partial charge in [-0.1, -0.05) is 27.5 Å². The molecule has 22 heavy (non-hydrogen) atoms. The first kappa shape index (κ1) is 17.7. The van der Waals surface area contributed by atoms with Crippen molar-refractivity contribution in [1.82, 2.24) is 9.21 Å². The van der Waals surface area contributed by atoms with Crippen molar-refractivity contribution < 1.29 is 8.42 Å². The van der Waals surface area contributed by atoms with E-state index in [4.69, 9.17) is 16.9 Å². The molecule has 1 heterocycles. The van der Waals surface area contributed by atoms with Crippen LogP contribution in [0.5, 0.6) is 0 Å². The Morgan fingerprint density at radius 3 is 2.55 bits per heavy atom. The second-order valence-corrected chi connectivity index (χ2v) is 8.31. The van der Waals surface area contributed by atoms with Crippen molar-refractivity contribution in [3.05, 3.63) is 27.7 Å². The lowest BCUT2D eigenvalue weighted by Gasteiger charge is -2.34. The Balaban J connectivity index is 2.02. The predicted octanol–water partition coefficient (Wildman–Crippen LogP) is 2.71. The summed E-state index contributed by atoms with van der Waals surface area (Å²) in [7, 11) is -3.56. The molecule has 5 nitrogen and oxygen atoms in total. The van der Waals surface area contributed by atoms with E-state index in [-0.39, 0.29) is 9.92 Å². The Morgan fingerprint density at radius 1 is 1.27 bits per heavy atom. The Bertz CT molecular complexity index is 667. The molecule has 8 heteroatoms. The molecule has 120 valence electrons. The van der Waals surface area contributed by atoms with Crippen LogP contribution < -0.4 is 0 Å².